The zero-order chi connectivity index (χ0) is 14.8. The molecule has 3 rings (SSSR count). The summed E-state index contributed by atoms with van der Waals surface area (Å²) >= 11 is 12.3. The second-order valence-electron chi connectivity index (χ2n) is 5.18. The Hall–Kier alpha value is -1.29. The fraction of sp³-hybridized carbons (Fsp3) is 0.312. The number of halogens is 2. The average Bonchev–Trinajstić information content (AvgIpc) is 2.46. The van der Waals surface area contributed by atoms with Crippen molar-refractivity contribution in [2.75, 3.05) is 6.61 Å². The zero-order valence-electron chi connectivity index (χ0n) is 11.7. The number of nitrogens with zero attached hydrogens (tertiary/aromatic N) is 1. The van der Waals surface area contributed by atoms with Crippen LogP contribution in [0, 0.1) is 6.92 Å². The molecule has 0 bridgehead atoms. The fourth-order valence-electron chi connectivity index (χ4n) is 2.55. The molecule has 2 aromatic rings. The van der Waals surface area contributed by atoms with Gasteiger partial charge in [-0.05, 0) is 36.2 Å². The molecule has 5 heteroatoms. The first kappa shape index (κ1) is 14.6. The number of aryl methyl sites for hydroxylation is 1. The molecule has 1 aromatic carbocycles. The van der Waals surface area contributed by atoms with Crippen LogP contribution in [0.1, 0.15) is 29.2 Å². The molecule has 0 saturated carbocycles. The molecule has 0 saturated heterocycles. The summed E-state index contributed by atoms with van der Waals surface area (Å²) in [5.41, 5.74) is 3.45. The first-order valence-corrected chi connectivity index (χ1v) is 7.65. The van der Waals surface area contributed by atoms with Gasteiger partial charge in [0.1, 0.15) is 5.75 Å². The number of pyridine rings is 1. The molecule has 110 valence electrons. The maximum Gasteiger partial charge on any atom is 0.142 e. The largest absolute Gasteiger partial charge is 0.492 e. The Bertz CT molecular complexity index is 661. The van der Waals surface area contributed by atoms with Crippen molar-refractivity contribution in [1.29, 1.82) is 0 Å². The summed E-state index contributed by atoms with van der Waals surface area (Å²) in [5, 5.41) is 4.76. The van der Waals surface area contributed by atoms with Crippen molar-refractivity contribution in [3.8, 4) is 5.75 Å². The molecule has 1 aromatic heterocycles. The Balaban J connectivity index is 1.81. The molecule has 3 nitrogen and oxygen atoms in total. The van der Waals surface area contributed by atoms with Gasteiger partial charge < -0.3 is 10.1 Å². The molecule has 2 heterocycles. The lowest BCUT2D eigenvalue weighted by atomic mass is 10.00. The van der Waals surface area contributed by atoms with Gasteiger partial charge in [-0.25, -0.2) is 0 Å². The van der Waals surface area contributed by atoms with Crippen LogP contribution in [0.4, 0.5) is 0 Å². The van der Waals surface area contributed by atoms with Gasteiger partial charge in [0.2, 0.25) is 0 Å². The molecular weight excluding hydrogens is 307 g/mol. The number of nitrogens with one attached hydrogen (secondary N) is 1. The minimum absolute atomic E-state index is 0.185. The van der Waals surface area contributed by atoms with Crippen molar-refractivity contribution < 1.29 is 4.74 Å². The summed E-state index contributed by atoms with van der Waals surface area (Å²) < 4.78 is 5.67. The molecule has 0 aliphatic carbocycles. The van der Waals surface area contributed by atoms with Gasteiger partial charge in [-0.15, -0.1) is 0 Å². The summed E-state index contributed by atoms with van der Waals surface area (Å²) in [5.74, 6) is 0.743. The predicted octanol–water partition coefficient (Wildman–Crippen LogP) is 4.31. The number of hydrogen-bond donors (Lipinski definition) is 1. The van der Waals surface area contributed by atoms with Crippen LogP contribution in [0.15, 0.2) is 30.6 Å². The first-order chi connectivity index (χ1) is 10.1. The van der Waals surface area contributed by atoms with Gasteiger partial charge in [0, 0.05) is 42.0 Å². The van der Waals surface area contributed by atoms with Crippen LogP contribution in [0.25, 0.3) is 0 Å². The van der Waals surface area contributed by atoms with E-state index in [1.165, 1.54) is 11.1 Å². The maximum absolute atomic E-state index is 6.21. The number of benzene rings is 1. The van der Waals surface area contributed by atoms with Crippen LogP contribution in [0.5, 0.6) is 5.75 Å². The van der Waals surface area contributed by atoms with E-state index in [4.69, 9.17) is 27.9 Å². The van der Waals surface area contributed by atoms with Crippen molar-refractivity contribution in [2.45, 2.75) is 25.9 Å². The first-order valence-electron chi connectivity index (χ1n) is 6.90. The fourth-order valence-corrected chi connectivity index (χ4v) is 3.12. The Morgan fingerprint density at radius 3 is 3.05 bits per heavy atom. The molecule has 0 spiro atoms. The minimum atomic E-state index is 0.185. The summed E-state index contributed by atoms with van der Waals surface area (Å²) in [6.07, 6.45) is 4.60. The lowest BCUT2D eigenvalue weighted by Crippen LogP contribution is -2.27. The summed E-state index contributed by atoms with van der Waals surface area (Å²) in [6, 6.07) is 5.85. The van der Waals surface area contributed by atoms with E-state index in [9.17, 15) is 0 Å². The topological polar surface area (TPSA) is 34.2 Å². The highest BCUT2D eigenvalue weighted by Crippen LogP contribution is 2.40. The van der Waals surface area contributed by atoms with E-state index in [-0.39, 0.29) is 6.04 Å². The Morgan fingerprint density at radius 1 is 1.38 bits per heavy atom. The van der Waals surface area contributed by atoms with Crippen molar-refractivity contribution >= 4 is 23.2 Å². The molecule has 0 fully saturated rings. The molecule has 1 aliphatic heterocycles. The van der Waals surface area contributed by atoms with Gasteiger partial charge in [-0.3, -0.25) is 4.98 Å². The van der Waals surface area contributed by atoms with Gasteiger partial charge in [-0.1, -0.05) is 23.2 Å². The Morgan fingerprint density at radius 2 is 2.24 bits per heavy atom. The quantitative estimate of drug-likeness (QED) is 0.914. The normalized spacial score (nSPS) is 17.2. The highest BCUT2D eigenvalue weighted by Gasteiger charge is 2.24. The molecule has 1 N–H and O–H groups in total. The van der Waals surface area contributed by atoms with E-state index in [0.717, 1.165) is 24.3 Å². The minimum Gasteiger partial charge on any atom is -0.492 e. The lowest BCUT2D eigenvalue weighted by Gasteiger charge is -2.28. The van der Waals surface area contributed by atoms with Gasteiger partial charge in [0.15, 0.2) is 0 Å². The molecular formula is C16H16Cl2N2O. The monoisotopic (exact) mass is 322 g/mol. The van der Waals surface area contributed by atoms with Crippen LogP contribution in [0.3, 0.4) is 0 Å². The van der Waals surface area contributed by atoms with E-state index in [1.807, 2.05) is 24.5 Å². The SMILES string of the molecule is Cc1ccncc1CNC1CCOc2c(Cl)cc(Cl)cc21. The van der Waals surface area contributed by atoms with Crippen molar-refractivity contribution in [2.24, 2.45) is 0 Å². The Labute approximate surface area is 134 Å². The second-order valence-corrected chi connectivity index (χ2v) is 6.02. The molecule has 0 amide bonds. The van der Waals surface area contributed by atoms with Gasteiger partial charge >= 0.3 is 0 Å². The van der Waals surface area contributed by atoms with E-state index >= 15 is 0 Å². The number of ether oxygens (including phenoxy) is 1. The third kappa shape index (κ3) is 3.15. The molecule has 21 heavy (non-hydrogen) atoms. The van der Waals surface area contributed by atoms with Crippen LogP contribution < -0.4 is 10.1 Å². The average molecular weight is 323 g/mol. The highest BCUT2D eigenvalue weighted by molar-refractivity contribution is 6.35. The zero-order valence-corrected chi connectivity index (χ0v) is 13.2. The maximum atomic E-state index is 6.21. The number of rotatable bonds is 3. The van der Waals surface area contributed by atoms with E-state index in [1.54, 1.807) is 6.07 Å². The smallest absolute Gasteiger partial charge is 0.142 e. The molecule has 1 atom stereocenters. The van der Waals surface area contributed by atoms with Crippen molar-refractivity contribution in [3.05, 3.63) is 57.3 Å². The highest BCUT2D eigenvalue weighted by atomic mass is 35.5. The second kappa shape index (κ2) is 6.22. The van der Waals surface area contributed by atoms with Gasteiger partial charge in [0.05, 0.1) is 11.6 Å². The van der Waals surface area contributed by atoms with Crippen LogP contribution >= 0.6 is 23.2 Å². The van der Waals surface area contributed by atoms with Crippen LogP contribution in [-0.4, -0.2) is 11.6 Å². The Kier molecular flexibility index (Phi) is 4.34. The number of hydrogen-bond acceptors (Lipinski definition) is 3. The summed E-state index contributed by atoms with van der Waals surface area (Å²) in [4.78, 5) is 4.17. The predicted molar refractivity (Wildman–Crippen MR) is 85.1 cm³/mol. The van der Waals surface area contributed by atoms with Crippen molar-refractivity contribution in [3.63, 3.8) is 0 Å². The molecule has 1 unspecified atom stereocenters. The van der Waals surface area contributed by atoms with Crippen LogP contribution in [0.2, 0.25) is 10.0 Å². The van der Waals surface area contributed by atoms with Gasteiger partial charge in [-0.2, -0.15) is 0 Å². The lowest BCUT2D eigenvalue weighted by molar-refractivity contribution is 0.252. The van der Waals surface area contributed by atoms with E-state index in [2.05, 4.69) is 17.2 Å². The third-order valence-electron chi connectivity index (χ3n) is 3.75. The third-order valence-corrected chi connectivity index (χ3v) is 4.25. The number of fused-ring (bicyclic) bond motifs is 1. The van der Waals surface area contributed by atoms with Gasteiger partial charge in [0.25, 0.3) is 0 Å². The van der Waals surface area contributed by atoms with E-state index in [0.29, 0.717) is 16.7 Å². The standard InChI is InChI=1S/C16H16Cl2N2O/c1-10-2-4-19-8-11(10)9-20-15-3-5-21-16-13(15)6-12(17)7-14(16)18/h2,4,6-8,15,20H,3,5,9H2,1H3. The summed E-state index contributed by atoms with van der Waals surface area (Å²) in [6.45, 7) is 3.50. The van der Waals surface area contributed by atoms with Crippen LogP contribution in [-0.2, 0) is 6.54 Å². The molecule has 0 radical (unpaired) electrons. The van der Waals surface area contributed by atoms with E-state index < -0.39 is 0 Å². The van der Waals surface area contributed by atoms with Crippen molar-refractivity contribution in [1.82, 2.24) is 10.3 Å². The number of aromatic nitrogens is 1. The molecule has 1 aliphatic rings. The summed E-state index contributed by atoms with van der Waals surface area (Å²) in [7, 11) is 0.